The Hall–Kier alpha value is -0.890. The molecule has 8 heteroatoms. The zero-order valence-corrected chi connectivity index (χ0v) is 12.6. The van der Waals surface area contributed by atoms with Crippen LogP contribution in [0, 0.1) is 0 Å². The molecule has 0 aliphatic heterocycles. The van der Waals surface area contributed by atoms with E-state index in [2.05, 4.69) is 42.4 Å². The molecule has 0 aliphatic rings. The Balaban J connectivity index is 2.93. The Kier molecular flexibility index (Phi) is 4.31. The van der Waals surface area contributed by atoms with Gasteiger partial charge >= 0.3 is 11.8 Å². The zero-order valence-electron chi connectivity index (χ0n) is 9.45. The van der Waals surface area contributed by atoms with Gasteiger partial charge in [0.1, 0.15) is 11.4 Å². The maximum Gasteiger partial charge on any atom is 0.413 e. The molecule has 1 rings (SSSR count). The van der Waals surface area contributed by atoms with Crippen molar-refractivity contribution >= 4 is 44.0 Å². The van der Waals surface area contributed by atoms with Crippen molar-refractivity contribution < 1.29 is 9.53 Å². The second-order valence-electron chi connectivity index (χ2n) is 4.15. The van der Waals surface area contributed by atoms with Crippen LogP contribution in [0.1, 0.15) is 20.8 Å². The van der Waals surface area contributed by atoms with Crippen molar-refractivity contribution in [3.8, 4) is 0 Å². The number of hydrogen-bond donors (Lipinski definition) is 1. The van der Waals surface area contributed by atoms with Crippen LogP contribution in [0.3, 0.4) is 0 Å². The molecule has 0 unspecified atom stereocenters. The first kappa shape index (κ1) is 14.2. The van der Waals surface area contributed by atoms with Gasteiger partial charge in [0.15, 0.2) is 0 Å². The number of anilines is 1. The topological polar surface area (TPSA) is 73.2 Å². The van der Waals surface area contributed by atoms with E-state index in [-0.39, 0.29) is 5.82 Å². The molecular formula is C9H11Br2N3O3. The highest BCUT2D eigenvalue weighted by molar-refractivity contribution is 9.10. The van der Waals surface area contributed by atoms with Gasteiger partial charge in [0, 0.05) is 0 Å². The molecule has 1 aromatic rings. The van der Waals surface area contributed by atoms with E-state index in [1.54, 1.807) is 20.8 Å². The van der Waals surface area contributed by atoms with Crippen LogP contribution < -0.4 is 11.0 Å². The molecule has 0 radical (unpaired) electrons. The Labute approximate surface area is 115 Å². The van der Waals surface area contributed by atoms with Crippen LogP contribution in [-0.2, 0) is 4.74 Å². The van der Waals surface area contributed by atoms with Gasteiger partial charge in [-0.2, -0.15) is 4.98 Å². The first-order chi connectivity index (χ1) is 7.70. The van der Waals surface area contributed by atoms with Crippen LogP contribution in [0.25, 0.3) is 0 Å². The van der Waals surface area contributed by atoms with E-state index in [4.69, 9.17) is 4.74 Å². The quantitative estimate of drug-likeness (QED) is 0.826. The fraction of sp³-hybridized carbons (Fsp3) is 0.444. The van der Waals surface area contributed by atoms with Gasteiger partial charge in [0.25, 0.3) is 0 Å². The molecule has 0 saturated carbocycles. The predicted octanol–water partition coefficient (Wildman–Crippen LogP) is 2.51. The molecule has 0 atom stereocenters. The monoisotopic (exact) mass is 367 g/mol. The number of ether oxygens (including phenoxy) is 1. The third-order valence-corrected chi connectivity index (χ3v) is 2.74. The number of nitrogens with zero attached hydrogens (tertiary/aromatic N) is 2. The van der Waals surface area contributed by atoms with E-state index in [1.165, 1.54) is 6.20 Å². The van der Waals surface area contributed by atoms with Gasteiger partial charge in [-0.05, 0) is 36.7 Å². The standard InChI is InChI=1S/C9H11Br2N3O3/c1-9(2,3)17-8(16)13-6-5(10)4-12-7(15)14(6)11/h4H,1-3H3,(H,13,16). The number of nitrogens with one attached hydrogen (secondary N) is 1. The molecule has 0 fully saturated rings. The highest BCUT2D eigenvalue weighted by Crippen LogP contribution is 2.21. The maximum absolute atomic E-state index is 11.5. The van der Waals surface area contributed by atoms with Crippen molar-refractivity contribution in [2.45, 2.75) is 26.4 Å². The second-order valence-corrected chi connectivity index (χ2v) is 5.71. The van der Waals surface area contributed by atoms with Crippen molar-refractivity contribution in [3.05, 3.63) is 21.2 Å². The molecule has 6 nitrogen and oxygen atoms in total. The number of amides is 1. The lowest BCUT2D eigenvalue weighted by Crippen LogP contribution is -2.29. The van der Waals surface area contributed by atoms with E-state index >= 15 is 0 Å². The Morgan fingerprint density at radius 3 is 2.65 bits per heavy atom. The Morgan fingerprint density at radius 2 is 2.12 bits per heavy atom. The number of carbonyl (C=O) groups is 1. The van der Waals surface area contributed by atoms with E-state index in [1.807, 2.05) is 0 Å². The largest absolute Gasteiger partial charge is 0.444 e. The fourth-order valence-electron chi connectivity index (χ4n) is 0.922. The summed E-state index contributed by atoms with van der Waals surface area (Å²) in [6.45, 7) is 5.24. The maximum atomic E-state index is 11.5. The second kappa shape index (κ2) is 5.18. The number of hydrogen-bond acceptors (Lipinski definition) is 4. The normalized spacial score (nSPS) is 11.1. The first-order valence-electron chi connectivity index (χ1n) is 4.64. The summed E-state index contributed by atoms with van der Waals surface area (Å²) in [5.41, 5.74) is -1.15. The average Bonchev–Trinajstić information content (AvgIpc) is 2.16. The van der Waals surface area contributed by atoms with E-state index in [0.29, 0.717) is 4.47 Å². The average molecular weight is 369 g/mol. The van der Waals surface area contributed by atoms with Crippen molar-refractivity contribution in [2.24, 2.45) is 0 Å². The molecule has 94 valence electrons. The minimum atomic E-state index is -0.656. The van der Waals surface area contributed by atoms with Crippen molar-refractivity contribution in [2.75, 3.05) is 5.32 Å². The summed E-state index contributed by atoms with van der Waals surface area (Å²) >= 11 is 6.15. The van der Waals surface area contributed by atoms with Crippen LogP contribution in [0.15, 0.2) is 15.5 Å². The summed E-state index contributed by atoms with van der Waals surface area (Å²) < 4.78 is 6.55. The zero-order chi connectivity index (χ0) is 13.2. The molecule has 0 aliphatic carbocycles. The smallest absolute Gasteiger partial charge is 0.413 e. The van der Waals surface area contributed by atoms with Crippen LogP contribution >= 0.6 is 32.1 Å². The highest BCUT2D eigenvalue weighted by Gasteiger charge is 2.18. The summed E-state index contributed by atoms with van der Waals surface area (Å²) in [4.78, 5) is 26.3. The molecule has 17 heavy (non-hydrogen) atoms. The fourth-order valence-corrected chi connectivity index (χ4v) is 1.91. The van der Waals surface area contributed by atoms with E-state index in [0.717, 1.165) is 3.59 Å². The van der Waals surface area contributed by atoms with Gasteiger partial charge < -0.3 is 4.74 Å². The van der Waals surface area contributed by atoms with Gasteiger partial charge in [0.2, 0.25) is 0 Å². The van der Waals surface area contributed by atoms with Gasteiger partial charge in [0.05, 0.1) is 26.8 Å². The molecule has 1 aromatic heterocycles. The van der Waals surface area contributed by atoms with Gasteiger partial charge in [-0.3, -0.25) is 5.32 Å². The van der Waals surface area contributed by atoms with E-state index in [9.17, 15) is 9.59 Å². The minimum Gasteiger partial charge on any atom is -0.444 e. The van der Waals surface area contributed by atoms with Crippen molar-refractivity contribution in [1.29, 1.82) is 0 Å². The highest BCUT2D eigenvalue weighted by atomic mass is 79.9. The number of aromatic nitrogens is 2. The molecule has 0 bridgehead atoms. The van der Waals surface area contributed by atoms with Gasteiger partial charge in [-0.1, -0.05) is 0 Å². The summed E-state index contributed by atoms with van der Waals surface area (Å²) in [7, 11) is 0. The summed E-state index contributed by atoms with van der Waals surface area (Å²) in [6, 6.07) is 0. The molecule has 0 spiro atoms. The van der Waals surface area contributed by atoms with Crippen LogP contribution in [0.4, 0.5) is 10.6 Å². The summed E-state index contributed by atoms with van der Waals surface area (Å²) in [5.74, 6) is 0.222. The van der Waals surface area contributed by atoms with Gasteiger partial charge in [-0.25, -0.2) is 13.2 Å². The SMILES string of the molecule is CC(C)(C)OC(=O)Nc1c(Br)cnc(=O)n1Br. The number of carbonyl (C=O) groups excluding carboxylic acids is 1. The lowest BCUT2D eigenvalue weighted by molar-refractivity contribution is 0.0635. The van der Waals surface area contributed by atoms with Crippen LogP contribution in [0.5, 0.6) is 0 Å². The molecule has 1 amide bonds. The Morgan fingerprint density at radius 1 is 1.53 bits per heavy atom. The third kappa shape index (κ3) is 4.12. The van der Waals surface area contributed by atoms with Crippen molar-refractivity contribution in [1.82, 2.24) is 8.58 Å². The van der Waals surface area contributed by atoms with E-state index < -0.39 is 17.4 Å². The molecule has 0 aromatic carbocycles. The van der Waals surface area contributed by atoms with Crippen LogP contribution in [-0.4, -0.2) is 20.3 Å². The van der Waals surface area contributed by atoms with Crippen molar-refractivity contribution in [3.63, 3.8) is 0 Å². The lowest BCUT2D eigenvalue weighted by atomic mass is 10.2. The molecule has 0 saturated heterocycles. The minimum absolute atomic E-state index is 0.222. The number of halogens is 2. The summed E-state index contributed by atoms with van der Waals surface area (Å²) in [5, 5.41) is 2.44. The first-order valence-corrected chi connectivity index (χ1v) is 6.14. The summed E-state index contributed by atoms with van der Waals surface area (Å²) in [6.07, 6.45) is 0.643. The molecule has 1 N–H and O–H groups in total. The molecular weight excluding hydrogens is 358 g/mol. The number of rotatable bonds is 1. The third-order valence-electron chi connectivity index (χ3n) is 1.50. The van der Waals surface area contributed by atoms with Crippen LogP contribution in [0.2, 0.25) is 0 Å². The Bertz CT molecular complexity index is 493. The lowest BCUT2D eigenvalue weighted by Gasteiger charge is -2.20. The predicted molar refractivity (Wildman–Crippen MR) is 70.4 cm³/mol. The molecule has 1 heterocycles. The van der Waals surface area contributed by atoms with Gasteiger partial charge in [-0.15, -0.1) is 0 Å².